The van der Waals surface area contributed by atoms with E-state index in [0.717, 1.165) is 5.56 Å². The third-order valence-corrected chi connectivity index (χ3v) is 4.34. The van der Waals surface area contributed by atoms with E-state index in [2.05, 4.69) is 0 Å². The van der Waals surface area contributed by atoms with Crippen LogP contribution in [0.15, 0.2) is 27.4 Å². The number of rotatable bonds is 4. The Morgan fingerprint density at radius 3 is 2.50 bits per heavy atom. The summed E-state index contributed by atoms with van der Waals surface area (Å²) in [5, 5.41) is 39.6. The van der Waals surface area contributed by atoms with E-state index in [9.17, 15) is 25.2 Å². The molecule has 4 N–H and O–H groups in total. The Kier molecular flexibility index (Phi) is 5.17. The minimum atomic E-state index is -1.58. The van der Waals surface area contributed by atoms with Crippen LogP contribution in [0.3, 0.4) is 0 Å². The summed E-state index contributed by atoms with van der Waals surface area (Å²) in [6.45, 7) is 1.21. The van der Waals surface area contributed by atoms with Crippen LogP contribution in [0.4, 0.5) is 0 Å². The Morgan fingerprint density at radius 1 is 1.12 bits per heavy atom. The van der Waals surface area contributed by atoms with E-state index in [1.165, 1.54) is 19.2 Å². The van der Waals surface area contributed by atoms with Crippen LogP contribution in [0.2, 0.25) is 0 Å². The molecule has 0 bridgehead atoms. The van der Waals surface area contributed by atoms with Crippen LogP contribution in [-0.4, -0.2) is 64.8 Å². The zero-order chi connectivity index (χ0) is 19.0. The highest BCUT2D eigenvalue weighted by Gasteiger charge is 2.45. The fourth-order valence-corrected chi connectivity index (χ4v) is 2.92. The van der Waals surface area contributed by atoms with Crippen LogP contribution in [0, 0.1) is 6.92 Å². The van der Waals surface area contributed by atoms with Crippen LogP contribution in [0.1, 0.15) is 5.56 Å². The summed E-state index contributed by atoms with van der Waals surface area (Å²) < 4.78 is 21.4. The van der Waals surface area contributed by atoms with E-state index in [0.29, 0.717) is 11.1 Å². The fraction of sp³-hybridized carbons (Fsp3) is 0.471. The molecule has 1 aliphatic rings. The van der Waals surface area contributed by atoms with E-state index in [4.69, 9.17) is 18.6 Å². The normalized spacial score (nSPS) is 28.9. The van der Waals surface area contributed by atoms with Crippen molar-refractivity contribution in [3.05, 3.63) is 34.2 Å². The van der Waals surface area contributed by atoms with Crippen LogP contribution < -0.4 is 15.1 Å². The van der Waals surface area contributed by atoms with Gasteiger partial charge in [-0.3, -0.25) is 0 Å². The van der Waals surface area contributed by atoms with Gasteiger partial charge in [-0.2, -0.15) is 0 Å². The smallest absolute Gasteiger partial charge is 0.340 e. The van der Waals surface area contributed by atoms with Crippen molar-refractivity contribution in [1.82, 2.24) is 0 Å². The molecule has 1 aromatic heterocycles. The molecule has 3 rings (SSSR count). The number of fused-ring (bicyclic) bond motifs is 1. The standard InChI is InChI=1S/C17H20O9/c1-7-3-4-8(16-12(7)9(23-2)5-11(19)26-16)24-17-15(22)14(21)13(20)10(6-18)25-17/h3-5,10,13-15,17-18,20-22H,6H2,1-2H3/t10-,13-,14+,15-,17-/m1/s1. The molecule has 26 heavy (non-hydrogen) atoms. The minimum Gasteiger partial charge on any atom is -0.496 e. The van der Waals surface area contributed by atoms with Gasteiger partial charge in [-0.05, 0) is 18.6 Å². The summed E-state index contributed by atoms with van der Waals surface area (Å²) in [6, 6.07) is 4.42. The van der Waals surface area contributed by atoms with Gasteiger partial charge in [0.2, 0.25) is 6.29 Å². The number of hydrogen-bond acceptors (Lipinski definition) is 9. The predicted octanol–water partition coefficient (Wildman–Crippen LogP) is -0.711. The van der Waals surface area contributed by atoms with Crippen molar-refractivity contribution >= 4 is 11.0 Å². The van der Waals surface area contributed by atoms with Crippen molar-refractivity contribution in [2.75, 3.05) is 13.7 Å². The van der Waals surface area contributed by atoms with Gasteiger partial charge < -0.3 is 39.1 Å². The van der Waals surface area contributed by atoms with Gasteiger partial charge >= 0.3 is 5.63 Å². The average Bonchev–Trinajstić information content (AvgIpc) is 2.63. The summed E-state index contributed by atoms with van der Waals surface area (Å²) in [5.41, 5.74) is 0.201. The van der Waals surface area contributed by atoms with Gasteiger partial charge in [0.05, 0.1) is 25.2 Å². The van der Waals surface area contributed by atoms with Gasteiger partial charge in [-0.1, -0.05) is 6.07 Å². The highest BCUT2D eigenvalue weighted by molar-refractivity contribution is 5.90. The van der Waals surface area contributed by atoms with Crippen LogP contribution >= 0.6 is 0 Å². The Hall–Kier alpha value is -2.17. The number of ether oxygens (including phenoxy) is 3. The Morgan fingerprint density at radius 2 is 1.85 bits per heavy atom. The van der Waals surface area contributed by atoms with E-state index in [-0.39, 0.29) is 11.3 Å². The molecule has 9 nitrogen and oxygen atoms in total. The maximum atomic E-state index is 11.8. The Bertz CT molecular complexity index is 844. The van der Waals surface area contributed by atoms with Crippen LogP contribution in [-0.2, 0) is 4.74 Å². The molecule has 1 aliphatic heterocycles. The number of hydrogen-bond donors (Lipinski definition) is 4. The molecular formula is C17H20O9. The van der Waals surface area contributed by atoms with E-state index >= 15 is 0 Å². The third-order valence-electron chi connectivity index (χ3n) is 4.34. The summed E-state index contributed by atoms with van der Waals surface area (Å²) in [5.74, 6) is 0.374. The molecule has 1 fully saturated rings. The minimum absolute atomic E-state index is 0.0749. The lowest BCUT2D eigenvalue weighted by Crippen LogP contribution is -2.60. The maximum Gasteiger partial charge on any atom is 0.340 e. The number of benzene rings is 1. The maximum absolute atomic E-state index is 11.8. The van der Waals surface area contributed by atoms with Crippen molar-refractivity contribution in [2.45, 2.75) is 37.6 Å². The van der Waals surface area contributed by atoms with Crippen molar-refractivity contribution in [1.29, 1.82) is 0 Å². The number of aliphatic hydroxyl groups excluding tert-OH is 4. The van der Waals surface area contributed by atoms with Gasteiger partial charge in [0.25, 0.3) is 0 Å². The largest absolute Gasteiger partial charge is 0.496 e. The monoisotopic (exact) mass is 368 g/mol. The van der Waals surface area contributed by atoms with E-state index < -0.39 is 42.9 Å². The second-order valence-electron chi connectivity index (χ2n) is 6.03. The second-order valence-corrected chi connectivity index (χ2v) is 6.03. The lowest BCUT2D eigenvalue weighted by Gasteiger charge is -2.39. The molecule has 2 aromatic rings. The summed E-state index contributed by atoms with van der Waals surface area (Å²) in [4.78, 5) is 11.8. The van der Waals surface area contributed by atoms with Gasteiger partial charge in [0.15, 0.2) is 11.3 Å². The Labute approximate surface area is 148 Å². The molecule has 0 spiro atoms. The molecule has 0 amide bonds. The lowest BCUT2D eigenvalue weighted by molar-refractivity contribution is -0.277. The molecule has 2 heterocycles. The number of methoxy groups -OCH3 is 1. The molecule has 1 aromatic carbocycles. The SMILES string of the molecule is COc1cc(=O)oc2c(O[C@@H]3O[C@H](CO)[C@@H](O)[C@H](O)[C@H]3O)ccc(C)c12. The molecule has 142 valence electrons. The van der Waals surface area contributed by atoms with E-state index in [1.54, 1.807) is 13.0 Å². The first-order valence-electron chi connectivity index (χ1n) is 7.96. The Balaban J connectivity index is 2.02. The first kappa shape index (κ1) is 18.6. The molecule has 0 aliphatic carbocycles. The number of aryl methyl sites for hydroxylation is 1. The van der Waals surface area contributed by atoms with Crippen molar-refractivity contribution < 1.29 is 39.1 Å². The first-order chi connectivity index (χ1) is 12.4. The molecular weight excluding hydrogens is 348 g/mol. The topological polar surface area (TPSA) is 139 Å². The summed E-state index contributed by atoms with van der Waals surface area (Å²) >= 11 is 0. The van der Waals surface area contributed by atoms with Gasteiger partial charge in [-0.15, -0.1) is 0 Å². The quantitative estimate of drug-likeness (QED) is 0.515. The summed E-state index contributed by atoms with van der Waals surface area (Å²) in [6.07, 6.45) is -7.17. The summed E-state index contributed by atoms with van der Waals surface area (Å²) in [7, 11) is 1.42. The zero-order valence-corrected chi connectivity index (χ0v) is 14.2. The fourth-order valence-electron chi connectivity index (χ4n) is 2.92. The van der Waals surface area contributed by atoms with Gasteiger partial charge in [0, 0.05) is 0 Å². The van der Waals surface area contributed by atoms with Crippen LogP contribution in [0.25, 0.3) is 11.0 Å². The van der Waals surface area contributed by atoms with Crippen LogP contribution in [0.5, 0.6) is 11.5 Å². The molecule has 0 saturated carbocycles. The van der Waals surface area contributed by atoms with Crippen molar-refractivity contribution in [2.24, 2.45) is 0 Å². The molecule has 9 heteroatoms. The van der Waals surface area contributed by atoms with Crippen molar-refractivity contribution in [3.63, 3.8) is 0 Å². The second kappa shape index (κ2) is 7.22. The van der Waals surface area contributed by atoms with E-state index in [1.807, 2.05) is 0 Å². The first-order valence-corrected chi connectivity index (χ1v) is 7.96. The molecule has 1 saturated heterocycles. The molecule has 0 radical (unpaired) electrons. The highest BCUT2D eigenvalue weighted by Crippen LogP contribution is 2.35. The van der Waals surface area contributed by atoms with Gasteiger partial charge in [0.1, 0.15) is 30.2 Å². The molecule has 0 unspecified atom stereocenters. The average molecular weight is 368 g/mol. The number of aliphatic hydroxyl groups is 4. The van der Waals surface area contributed by atoms with Gasteiger partial charge in [-0.25, -0.2) is 4.79 Å². The highest BCUT2D eigenvalue weighted by atomic mass is 16.7. The van der Waals surface area contributed by atoms with Crippen molar-refractivity contribution in [3.8, 4) is 11.5 Å². The lowest BCUT2D eigenvalue weighted by atomic mass is 9.99. The zero-order valence-electron chi connectivity index (χ0n) is 14.2. The third kappa shape index (κ3) is 3.15. The predicted molar refractivity (Wildman–Crippen MR) is 88.2 cm³/mol. The molecule has 5 atom stereocenters.